The molecule has 0 saturated heterocycles. The molecule has 19 heavy (non-hydrogen) atoms. The maximum atomic E-state index is 12.2. The molecular weight excluding hydrogens is 348 g/mol. The second kappa shape index (κ2) is 6.89. The Morgan fingerprint density at radius 1 is 1.00 bits per heavy atom. The summed E-state index contributed by atoms with van der Waals surface area (Å²) in [6, 6.07) is 17.5. The summed E-state index contributed by atoms with van der Waals surface area (Å²) in [6.07, 6.45) is 1.14. The van der Waals surface area contributed by atoms with Crippen molar-refractivity contribution < 1.29 is 4.79 Å². The molecule has 0 heterocycles. The summed E-state index contributed by atoms with van der Waals surface area (Å²) in [4.78, 5) is 14.6. The maximum absolute atomic E-state index is 12.2. The first kappa shape index (κ1) is 14.3. The zero-order chi connectivity index (χ0) is 13.7. The van der Waals surface area contributed by atoms with Crippen molar-refractivity contribution in [3.05, 3.63) is 71.3 Å². The van der Waals surface area contributed by atoms with Gasteiger partial charge in [0.05, 0.1) is 0 Å². The zero-order valence-corrected chi connectivity index (χ0v) is 13.6. The van der Waals surface area contributed by atoms with Crippen molar-refractivity contribution in [3.8, 4) is 0 Å². The molecule has 1 nitrogen and oxygen atoms in total. The number of carbonyl (C=O) groups excluding carboxylic acids is 1. The van der Waals surface area contributed by atoms with Crippen LogP contribution in [0.1, 0.15) is 28.4 Å². The first-order valence-corrected chi connectivity index (χ1v) is 10.1. The molecule has 0 aliphatic carbocycles. The van der Waals surface area contributed by atoms with E-state index in [-0.39, 0.29) is 26.7 Å². The summed E-state index contributed by atoms with van der Waals surface area (Å²) < 4.78 is 0.820. The van der Waals surface area contributed by atoms with Gasteiger partial charge < -0.3 is 0 Å². The summed E-state index contributed by atoms with van der Waals surface area (Å²) in [5.41, 5.74) is 2.86. The molecule has 1 atom stereocenters. The van der Waals surface area contributed by atoms with Gasteiger partial charge in [0.25, 0.3) is 0 Å². The van der Waals surface area contributed by atoms with Crippen molar-refractivity contribution in [1.29, 1.82) is 0 Å². The van der Waals surface area contributed by atoms with Crippen molar-refractivity contribution in [2.45, 2.75) is 22.3 Å². The molecule has 2 aromatic rings. The van der Waals surface area contributed by atoms with E-state index >= 15 is 0 Å². The molecule has 0 aliphatic rings. The molecule has 2 aromatic carbocycles. The number of benzene rings is 2. The van der Waals surface area contributed by atoms with Gasteiger partial charge in [0.2, 0.25) is 0 Å². The molecule has 0 spiro atoms. The van der Waals surface area contributed by atoms with E-state index in [1.54, 1.807) is 0 Å². The number of carbonyl (C=O) groups is 1. The fraction of sp³-hybridized carbons (Fsp3) is 0.235. The van der Waals surface area contributed by atoms with Gasteiger partial charge >= 0.3 is 125 Å². The third kappa shape index (κ3) is 3.93. The Morgan fingerprint density at radius 3 is 2.16 bits per heavy atom. The standard InChI is InChI=1S/C17H18OTe/c1-13(19-2)12-14-8-10-16(11-9-14)17(18)15-6-4-3-5-7-15/h3-11,13H,12H2,1-2H3. The average molecular weight is 366 g/mol. The van der Waals surface area contributed by atoms with Crippen LogP contribution in [-0.2, 0) is 6.42 Å². The molecule has 2 rings (SSSR count). The van der Waals surface area contributed by atoms with Crippen molar-refractivity contribution in [1.82, 2.24) is 0 Å². The average Bonchev–Trinajstić information content (AvgIpc) is 2.48. The van der Waals surface area contributed by atoms with E-state index in [4.69, 9.17) is 0 Å². The van der Waals surface area contributed by atoms with Gasteiger partial charge in [0.1, 0.15) is 0 Å². The summed E-state index contributed by atoms with van der Waals surface area (Å²) >= 11 is 0.132. The summed E-state index contributed by atoms with van der Waals surface area (Å²) in [6.45, 7) is 2.31. The fourth-order valence-corrected chi connectivity index (χ4v) is 2.99. The van der Waals surface area contributed by atoms with Gasteiger partial charge in [-0.2, -0.15) is 0 Å². The van der Waals surface area contributed by atoms with E-state index in [1.165, 1.54) is 5.56 Å². The molecule has 1 unspecified atom stereocenters. The first-order valence-electron chi connectivity index (χ1n) is 6.42. The van der Waals surface area contributed by atoms with E-state index in [0.717, 1.165) is 21.5 Å². The van der Waals surface area contributed by atoms with Crippen LogP contribution in [0.4, 0.5) is 0 Å². The molecule has 0 radical (unpaired) electrons. The monoisotopic (exact) mass is 368 g/mol. The summed E-state index contributed by atoms with van der Waals surface area (Å²) in [5.74, 6) is 0.101. The van der Waals surface area contributed by atoms with Crippen LogP contribution in [0, 0.1) is 0 Å². The van der Waals surface area contributed by atoms with Crippen molar-refractivity contribution in [3.63, 3.8) is 0 Å². The van der Waals surface area contributed by atoms with Gasteiger partial charge in [0.15, 0.2) is 0 Å². The quantitative estimate of drug-likeness (QED) is 0.577. The molecule has 2 heteroatoms. The Hall–Kier alpha value is -1.10. The Morgan fingerprint density at radius 2 is 1.58 bits per heavy atom. The third-order valence-electron chi connectivity index (χ3n) is 3.18. The molecular formula is C17H18OTe. The van der Waals surface area contributed by atoms with Crippen molar-refractivity contribution in [2.75, 3.05) is 0 Å². The third-order valence-corrected chi connectivity index (χ3v) is 5.95. The minimum absolute atomic E-state index is 0.101. The summed E-state index contributed by atoms with van der Waals surface area (Å²) in [7, 11) is 0. The molecule has 0 N–H and O–H groups in total. The normalized spacial score (nSPS) is 12.1. The predicted octanol–water partition coefficient (Wildman–Crippen LogP) is 4.02. The number of rotatable bonds is 5. The van der Waals surface area contributed by atoms with Crippen molar-refractivity contribution in [2.24, 2.45) is 0 Å². The Kier molecular flexibility index (Phi) is 5.19. The van der Waals surface area contributed by atoms with Crippen LogP contribution in [0.2, 0.25) is 8.94 Å². The molecule has 0 aliphatic heterocycles. The fourth-order valence-electron chi connectivity index (χ4n) is 1.96. The number of ketones is 1. The Labute approximate surface area is 125 Å². The van der Waals surface area contributed by atoms with Gasteiger partial charge in [-0.3, -0.25) is 0 Å². The van der Waals surface area contributed by atoms with Gasteiger partial charge in [-0.15, -0.1) is 0 Å². The van der Waals surface area contributed by atoms with Gasteiger partial charge in [-0.1, -0.05) is 0 Å². The van der Waals surface area contributed by atoms with Crippen LogP contribution in [0.3, 0.4) is 0 Å². The van der Waals surface area contributed by atoms with Gasteiger partial charge in [-0.25, -0.2) is 0 Å². The van der Waals surface area contributed by atoms with E-state index in [1.807, 2.05) is 42.5 Å². The van der Waals surface area contributed by atoms with Crippen LogP contribution >= 0.6 is 0 Å². The SMILES string of the molecule is C[Te]C(C)Cc1ccc(C(=O)c2ccccc2)cc1. The Balaban J connectivity index is 2.12. The molecule has 0 fully saturated rings. The molecule has 98 valence electrons. The van der Waals surface area contributed by atoms with Crippen LogP contribution < -0.4 is 0 Å². The van der Waals surface area contributed by atoms with Crippen molar-refractivity contribution >= 4 is 26.7 Å². The van der Waals surface area contributed by atoms with Crippen LogP contribution in [0.15, 0.2) is 54.6 Å². The molecule has 0 aromatic heterocycles. The number of hydrogen-bond acceptors (Lipinski definition) is 1. The van der Waals surface area contributed by atoms with E-state index in [9.17, 15) is 4.79 Å². The predicted molar refractivity (Wildman–Crippen MR) is 81.1 cm³/mol. The van der Waals surface area contributed by atoms with E-state index < -0.39 is 0 Å². The minimum atomic E-state index is 0.101. The molecule has 0 saturated carbocycles. The second-order valence-corrected chi connectivity index (χ2v) is 8.28. The van der Waals surface area contributed by atoms with Crippen LogP contribution in [0.5, 0.6) is 0 Å². The molecule has 0 amide bonds. The molecule has 0 bridgehead atoms. The second-order valence-electron chi connectivity index (χ2n) is 4.64. The number of hydrogen-bond donors (Lipinski definition) is 0. The van der Waals surface area contributed by atoms with Crippen LogP contribution in [-0.4, -0.2) is 26.7 Å². The van der Waals surface area contributed by atoms with Gasteiger partial charge in [-0.05, 0) is 0 Å². The topological polar surface area (TPSA) is 17.1 Å². The Bertz CT molecular complexity index is 531. The van der Waals surface area contributed by atoms with E-state index in [0.29, 0.717) is 0 Å². The van der Waals surface area contributed by atoms with E-state index in [2.05, 4.69) is 24.0 Å². The summed E-state index contributed by atoms with van der Waals surface area (Å²) in [5, 5.41) is 0. The first-order chi connectivity index (χ1) is 9.20. The zero-order valence-electron chi connectivity index (χ0n) is 11.3. The van der Waals surface area contributed by atoms with Gasteiger partial charge in [0, 0.05) is 0 Å². The van der Waals surface area contributed by atoms with Crippen LogP contribution in [0.25, 0.3) is 0 Å².